The molecule has 2 aliphatic heterocycles. The number of morpholine rings is 1. The summed E-state index contributed by atoms with van der Waals surface area (Å²) in [7, 11) is 3.55. The van der Waals surface area contributed by atoms with Crippen molar-refractivity contribution in [3.05, 3.63) is 35.9 Å². The molecule has 1 aromatic carbocycles. The minimum atomic E-state index is -0.0430. The van der Waals surface area contributed by atoms with Crippen LogP contribution in [0, 0.1) is 0 Å². The summed E-state index contributed by atoms with van der Waals surface area (Å²) in [6, 6.07) is 11.0. The SMILES string of the molecule is CN(C)C(=O)C[C@H]1CN2C[C@@H](NC(=O)CCCCc3ccccc3)C[C@H]2CO1. The van der Waals surface area contributed by atoms with E-state index in [9.17, 15) is 9.59 Å². The number of hydrogen-bond donors (Lipinski definition) is 1. The van der Waals surface area contributed by atoms with Crippen LogP contribution in [0.5, 0.6) is 0 Å². The number of rotatable bonds is 8. The second-order valence-corrected chi connectivity index (χ2v) is 8.25. The molecular formula is C22H33N3O3. The van der Waals surface area contributed by atoms with E-state index in [0.717, 1.165) is 38.8 Å². The quantitative estimate of drug-likeness (QED) is 0.692. The molecule has 3 atom stereocenters. The van der Waals surface area contributed by atoms with Gasteiger partial charge in [0.05, 0.1) is 19.1 Å². The van der Waals surface area contributed by atoms with Crippen molar-refractivity contribution >= 4 is 11.8 Å². The highest BCUT2D eigenvalue weighted by molar-refractivity contribution is 5.76. The van der Waals surface area contributed by atoms with Gasteiger partial charge in [-0.15, -0.1) is 0 Å². The highest BCUT2D eigenvalue weighted by Gasteiger charge is 2.38. The zero-order valence-corrected chi connectivity index (χ0v) is 17.1. The van der Waals surface area contributed by atoms with Gasteiger partial charge in [-0.2, -0.15) is 0 Å². The molecule has 2 aliphatic rings. The molecule has 154 valence electrons. The van der Waals surface area contributed by atoms with Crippen molar-refractivity contribution in [1.29, 1.82) is 0 Å². The number of ether oxygens (including phenoxy) is 1. The second kappa shape index (κ2) is 10.0. The van der Waals surface area contributed by atoms with Gasteiger partial charge < -0.3 is 15.0 Å². The number of benzene rings is 1. The third-order valence-corrected chi connectivity index (χ3v) is 5.72. The maximum Gasteiger partial charge on any atom is 0.224 e. The Kier molecular flexibility index (Phi) is 7.45. The van der Waals surface area contributed by atoms with Gasteiger partial charge in [0.2, 0.25) is 11.8 Å². The van der Waals surface area contributed by atoms with Gasteiger partial charge in [-0.25, -0.2) is 0 Å². The highest BCUT2D eigenvalue weighted by Crippen LogP contribution is 2.24. The summed E-state index contributed by atoms with van der Waals surface area (Å²) in [6.45, 7) is 2.28. The van der Waals surface area contributed by atoms with E-state index in [4.69, 9.17) is 4.74 Å². The molecule has 2 heterocycles. The lowest BCUT2D eigenvalue weighted by Gasteiger charge is -2.35. The van der Waals surface area contributed by atoms with Gasteiger partial charge >= 0.3 is 0 Å². The highest BCUT2D eigenvalue weighted by atomic mass is 16.5. The van der Waals surface area contributed by atoms with E-state index < -0.39 is 0 Å². The van der Waals surface area contributed by atoms with E-state index in [0.29, 0.717) is 25.5 Å². The Labute approximate surface area is 168 Å². The van der Waals surface area contributed by atoms with E-state index in [1.807, 2.05) is 6.07 Å². The molecule has 6 nitrogen and oxygen atoms in total. The molecule has 0 unspecified atom stereocenters. The zero-order valence-electron chi connectivity index (χ0n) is 17.1. The van der Waals surface area contributed by atoms with Crippen LogP contribution in [0.1, 0.15) is 37.7 Å². The van der Waals surface area contributed by atoms with Gasteiger partial charge in [-0.1, -0.05) is 30.3 Å². The fraction of sp³-hybridized carbons (Fsp3) is 0.636. The molecule has 0 radical (unpaired) electrons. The third kappa shape index (κ3) is 6.04. The third-order valence-electron chi connectivity index (χ3n) is 5.72. The number of amides is 2. The van der Waals surface area contributed by atoms with Crippen LogP contribution in [0.3, 0.4) is 0 Å². The molecular weight excluding hydrogens is 354 g/mol. The Morgan fingerprint density at radius 2 is 1.96 bits per heavy atom. The van der Waals surface area contributed by atoms with Crippen LogP contribution >= 0.6 is 0 Å². The van der Waals surface area contributed by atoms with Crippen molar-refractivity contribution in [3.63, 3.8) is 0 Å². The van der Waals surface area contributed by atoms with E-state index in [1.165, 1.54) is 5.56 Å². The second-order valence-electron chi connectivity index (χ2n) is 8.25. The summed E-state index contributed by atoms with van der Waals surface area (Å²) in [5, 5.41) is 3.20. The molecule has 1 aromatic rings. The van der Waals surface area contributed by atoms with Crippen molar-refractivity contribution in [3.8, 4) is 0 Å². The lowest BCUT2D eigenvalue weighted by Crippen LogP contribution is -2.47. The summed E-state index contributed by atoms with van der Waals surface area (Å²) in [5.74, 6) is 0.251. The summed E-state index contributed by atoms with van der Waals surface area (Å²) in [6.07, 6.45) is 4.88. The van der Waals surface area contributed by atoms with Crippen LogP contribution in [0.4, 0.5) is 0 Å². The summed E-state index contributed by atoms with van der Waals surface area (Å²) >= 11 is 0. The molecule has 2 fully saturated rings. The van der Waals surface area contributed by atoms with Gasteiger partial charge in [0.15, 0.2) is 0 Å². The van der Waals surface area contributed by atoms with Crippen LogP contribution in [-0.4, -0.2) is 73.6 Å². The van der Waals surface area contributed by atoms with Crippen LogP contribution in [0.2, 0.25) is 0 Å². The van der Waals surface area contributed by atoms with Gasteiger partial charge in [-0.3, -0.25) is 14.5 Å². The Morgan fingerprint density at radius 1 is 1.18 bits per heavy atom. The van der Waals surface area contributed by atoms with Gasteiger partial charge in [0.25, 0.3) is 0 Å². The lowest BCUT2D eigenvalue weighted by atomic mass is 10.1. The smallest absolute Gasteiger partial charge is 0.224 e. The monoisotopic (exact) mass is 387 g/mol. The maximum absolute atomic E-state index is 12.3. The average molecular weight is 388 g/mol. The van der Waals surface area contributed by atoms with Gasteiger partial charge in [-0.05, 0) is 31.2 Å². The molecule has 28 heavy (non-hydrogen) atoms. The van der Waals surface area contributed by atoms with E-state index in [1.54, 1.807) is 19.0 Å². The Hall–Kier alpha value is -1.92. The fourth-order valence-corrected chi connectivity index (χ4v) is 4.11. The van der Waals surface area contributed by atoms with E-state index >= 15 is 0 Å². The number of nitrogens with one attached hydrogen (secondary N) is 1. The molecule has 2 amide bonds. The first-order chi connectivity index (χ1) is 13.5. The summed E-state index contributed by atoms with van der Waals surface area (Å²) in [4.78, 5) is 28.2. The van der Waals surface area contributed by atoms with Crippen molar-refractivity contribution < 1.29 is 14.3 Å². The predicted octanol–water partition coefficient (Wildman–Crippen LogP) is 1.84. The molecule has 6 heteroatoms. The molecule has 0 aromatic heterocycles. The van der Waals surface area contributed by atoms with Gasteiger partial charge in [0, 0.05) is 45.7 Å². The maximum atomic E-state index is 12.3. The summed E-state index contributed by atoms with van der Waals surface area (Å²) in [5.41, 5.74) is 1.33. The average Bonchev–Trinajstić information content (AvgIpc) is 3.07. The molecule has 0 saturated carbocycles. The fourth-order valence-electron chi connectivity index (χ4n) is 4.11. The molecule has 1 N–H and O–H groups in total. The Balaban J connectivity index is 1.34. The first kappa shape index (κ1) is 20.8. The van der Waals surface area contributed by atoms with Crippen molar-refractivity contribution in [2.45, 2.75) is 56.7 Å². The number of hydrogen-bond acceptors (Lipinski definition) is 4. The first-order valence-corrected chi connectivity index (χ1v) is 10.4. The topological polar surface area (TPSA) is 61.9 Å². The van der Waals surface area contributed by atoms with Crippen LogP contribution in [0.25, 0.3) is 0 Å². The number of unbranched alkanes of at least 4 members (excludes halogenated alkanes) is 1. The minimum Gasteiger partial charge on any atom is -0.375 e. The molecule has 2 saturated heterocycles. The number of aryl methyl sites for hydroxylation is 1. The van der Waals surface area contributed by atoms with Crippen molar-refractivity contribution in [2.24, 2.45) is 0 Å². The Bertz CT molecular complexity index is 650. The standard InChI is InChI=1S/C22H33N3O3/c1-24(2)22(27)13-20-15-25-14-18(12-19(25)16-28-20)23-21(26)11-7-6-10-17-8-4-3-5-9-17/h3-5,8-9,18-20H,6-7,10-16H2,1-2H3,(H,23,26)/t18-,19-,20-/m0/s1. The molecule has 0 spiro atoms. The number of fused-ring (bicyclic) bond motifs is 1. The first-order valence-electron chi connectivity index (χ1n) is 10.4. The van der Waals surface area contributed by atoms with Gasteiger partial charge in [0.1, 0.15) is 0 Å². The predicted molar refractivity (Wildman–Crippen MR) is 109 cm³/mol. The Morgan fingerprint density at radius 3 is 2.71 bits per heavy atom. The number of carbonyl (C=O) groups excluding carboxylic acids is 2. The largest absolute Gasteiger partial charge is 0.375 e. The minimum absolute atomic E-state index is 0.0430. The van der Waals surface area contributed by atoms with Crippen LogP contribution in [-0.2, 0) is 20.7 Å². The number of nitrogens with zero attached hydrogens (tertiary/aromatic N) is 2. The van der Waals surface area contributed by atoms with E-state index in [2.05, 4.69) is 34.5 Å². The molecule has 0 bridgehead atoms. The van der Waals surface area contributed by atoms with Crippen LogP contribution in [0.15, 0.2) is 30.3 Å². The van der Waals surface area contributed by atoms with Crippen LogP contribution < -0.4 is 5.32 Å². The molecule has 0 aliphatic carbocycles. The van der Waals surface area contributed by atoms with Crippen molar-refractivity contribution in [1.82, 2.24) is 15.1 Å². The van der Waals surface area contributed by atoms with E-state index in [-0.39, 0.29) is 24.0 Å². The normalized spacial score (nSPS) is 24.6. The number of carbonyl (C=O) groups is 2. The lowest BCUT2D eigenvalue weighted by molar-refractivity contribution is -0.134. The zero-order chi connectivity index (χ0) is 19.9. The summed E-state index contributed by atoms with van der Waals surface area (Å²) < 4.78 is 5.89. The molecule has 3 rings (SSSR count). The van der Waals surface area contributed by atoms with Crippen molar-refractivity contribution in [2.75, 3.05) is 33.8 Å².